The first-order valence-electron chi connectivity index (χ1n) is 10.1. The zero-order valence-corrected chi connectivity index (χ0v) is 17.0. The molecule has 0 aliphatic carbocycles. The van der Waals surface area contributed by atoms with E-state index < -0.39 is 18.2 Å². The van der Waals surface area contributed by atoms with Gasteiger partial charge in [-0.1, -0.05) is 12.2 Å². The van der Waals surface area contributed by atoms with E-state index in [1.807, 2.05) is 11.9 Å². The smallest absolute Gasteiger partial charge is 0.251 e. The van der Waals surface area contributed by atoms with Gasteiger partial charge in [0.15, 0.2) is 11.5 Å². The van der Waals surface area contributed by atoms with Crippen LogP contribution in [0.4, 0.5) is 0 Å². The summed E-state index contributed by atoms with van der Waals surface area (Å²) < 4.78 is 16.5. The molecular weight excluding hydrogens is 390 g/mol. The normalized spacial score (nSPS) is 25.9. The molecule has 0 unspecified atom stereocenters. The van der Waals surface area contributed by atoms with Crippen LogP contribution in [0.2, 0.25) is 0 Å². The molecule has 0 aromatic heterocycles. The molecule has 2 N–H and O–H groups in total. The lowest BCUT2D eigenvalue weighted by atomic mass is 10.0. The fraction of sp³-hybridized carbons (Fsp3) is 0.524. The Morgan fingerprint density at radius 1 is 1.13 bits per heavy atom. The van der Waals surface area contributed by atoms with Crippen LogP contribution in [0.5, 0.6) is 11.5 Å². The summed E-state index contributed by atoms with van der Waals surface area (Å²) in [6, 6.07) is 4.47. The predicted octanol–water partition coefficient (Wildman–Crippen LogP) is -0.00630. The Labute approximate surface area is 175 Å². The van der Waals surface area contributed by atoms with Crippen LogP contribution >= 0.6 is 0 Å². The third kappa shape index (κ3) is 4.58. The minimum Gasteiger partial charge on any atom is -0.454 e. The highest BCUT2D eigenvalue weighted by Gasteiger charge is 2.31. The van der Waals surface area contributed by atoms with Crippen LogP contribution in [0.25, 0.3) is 0 Å². The van der Waals surface area contributed by atoms with Crippen molar-refractivity contribution in [1.82, 2.24) is 15.1 Å². The molecule has 3 heterocycles. The van der Waals surface area contributed by atoms with Gasteiger partial charge in [-0.2, -0.15) is 0 Å². The number of ether oxygens (including phenoxy) is 3. The second-order valence-corrected chi connectivity index (χ2v) is 7.74. The Morgan fingerprint density at radius 3 is 2.67 bits per heavy atom. The molecule has 9 heteroatoms. The third-order valence-electron chi connectivity index (χ3n) is 5.63. The zero-order valence-electron chi connectivity index (χ0n) is 17.0. The summed E-state index contributed by atoms with van der Waals surface area (Å²) in [5.74, 6) is 0.863. The minimum absolute atomic E-state index is 0.0392. The number of hydrogen-bond donors (Lipinski definition) is 2. The van der Waals surface area contributed by atoms with Gasteiger partial charge in [0, 0.05) is 31.7 Å². The van der Waals surface area contributed by atoms with Gasteiger partial charge in [0.2, 0.25) is 12.7 Å². The van der Waals surface area contributed by atoms with E-state index in [2.05, 4.69) is 10.2 Å². The van der Waals surface area contributed by atoms with Crippen LogP contribution in [0, 0.1) is 0 Å². The molecule has 1 fully saturated rings. The number of nitrogens with zero attached hydrogens (tertiary/aromatic N) is 2. The molecular formula is C21H27N3O6. The maximum atomic E-state index is 12.6. The molecule has 162 valence electrons. The van der Waals surface area contributed by atoms with Crippen LogP contribution < -0.4 is 14.8 Å². The quantitative estimate of drug-likeness (QED) is 0.650. The van der Waals surface area contributed by atoms with Crippen molar-refractivity contribution < 1.29 is 28.9 Å². The standard InChI is InChI=1S/C21H27N3O6/c1-23-6-8-24(9-7-23)20(26)11-15-3-4-16(19(12-25)30-15)22-21(27)14-2-5-17-18(10-14)29-13-28-17/h2-5,10,15-16,19,25H,6-9,11-13H2,1H3,(H,22,27)/t15-,16+,19-/m1/s1. The van der Waals surface area contributed by atoms with Crippen molar-refractivity contribution in [2.24, 2.45) is 0 Å². The van der Waals surface area contributed by atoms with E-state index in [0.717, 1.165) is 13.1 Å². The first-order chi connectivity index (χ1) is 14.5. The van der Waals surface area contributed by atoms with Gasteiger partial charge in [-0.3, -0.25) is 9.59 Å². The number of nitrogens with one attached hydrogen (secondary N) is 1. The van der Waals surface area contributed by atoms with Crippen molar-refractivity contribution in [3.05, 3.63) is 35.9 Å². The summed E-state index contributed by atoms with van der Waals surface area (Å²) in [5.41, 5.74) is 0.428. The number of carbonyl (C=O) groups excluding carboxylic acids is 2. The average Bonchev–Trinajstić information content (AvgIpc) is 3.23. The Bertz CT molecular complexity index is 821. The molecule has 1 saturated heterocycles. The van der Waals surface area contributed by atoms with Crippen LogP contribution in [0.15, 0.2) is 30.4 Å². The van der Waals surface area contributed by atoms with Crippen LogP contribution in [-0.2, 0) is 9.53 Å². The van der Waals surface area contributed by atoms with E-state index in [-0.39, 0.29) is 31.6 Å². The number of aliphatic hydroxyl groups excluding tert-OH is 1. The highest BCUT2D eigenvalue weighted by molar-refractivity contribution is 5.95. The predicted molar refractivity (Wildman–Crippen MR) is 107 cm³/mol. The molecule has 9 nitrogen and oxygen atoms in total. The zero-order chi connectivity index (χ0) is 21.1. The lowest BCUT2D eigenvalue weighted by Gasteiger charge is -2.35. The van der Waals surface area contributed by atoms with E-state index in [9.17, 15) is 14.7 Å². The van der Waals surface area contributed by atoms with E-state index in [1.165, 1.54) is 0 Å². The van der Waals surface area contributed by atoms with Crippen molar-refractivity contribution in [2.75, 3.05) is 46.6 Å². The fourth-order valence-electron chi connectivity index (χ4n) is 3.77. The number of hydrogen-bond acceptors (Lipinski definition) is 7. The molecule has 0 saturated carbocycles. The van der Waals surface area contributed by atoms with Gasteiger partial charge < -0.3 is 34.4 Å². The number of likely N-dealkylation sites (N-methyl/N-ethyl adjacent to an activating group) is 1. The number of aliphatic hydroxyl groups is 1. The molecule has 3 aliphatic heterocycles. The van der Waals surface area contributed by atoms with Crippen molar-refractivity contribution in [3.8, 4) is 11.5 Å². The largest absolute Gasteiger partial charge is 0.454 e. The molecule has 3 aliphatic rings. The molecule has 3 atom stereocenters. The summed E-state index contributed by atoms with van der Waals surface area (Å²) in [7, 11) is 2.04. The van der Waals surface area contributed by atoms with Crippen molar-refractivity contribution in [1.29, 1.82) is 0 Å². The number of rotatable bonds is 5. The third-order valence-corrected chi connectivity index (χ3v) is 5.63. The number of fused-ring (bicyclic) bond motifs is 1. The number of carbonyl (C=O) groups is 2. The average molecular weight is 417 g/mol. The minimum atomic E-state index is -0.627. The second-order valence-electron chi connectivity index (χ2n) is 7.74. The molecule has 4 rings (SSSR count). The van der Waals surface area contributed by atoms with Crippen LogP contribution in [0.1, 0.15) is 16.8 Å². The van der Waals surface area contributed by atoms with E-state index in [0.29, 0.717) is 30.2 Å². The topological polar surface area (TPSA) is 101 Å². The number of piperazine rings is 1. The van der Waals surface area contributed by atoms with Gasteiger partial charge in [-0.15, -0.1) is 0 Å². The van der Waals surface area contributed by atoms with Crippen molar-refractivity contribution in [2.45, 2.75) is 24.7 Å². The summed E-state index contributed by atoms with van der Waals surface area (Å²) >= 11 is 0. The Morgan fingerprint density at radius 2 is 1.90 bits per heavy atom. The maximum Gasteiger partial charge on any atom is 0.251 e. The highest BCUT2D eigenvalue weighted by Crippen LogP contribution is 2.32. The lowest BCUT2D eigenvalue weighted by molar-refractivity contribution is -0.137. The van der Waals surface area contributed by atoms with Gasteiger partial charge in [0.05, 0.1) is 25.2 Å². The fourth-order valence-corrected chi connectivity index (χ4v) is 3.77. The van der Waals surface area contributed by atoms with E-state index in [1.54, 1.807) is 30.4 Å². The van der Waals surface area contributed by atoms with Gasteiger partial charge in [-0.05, 0) is 25.2 Å². The molecule has 0 radical (unpaired) electrons. The van der Waals surface area contributed by atoms with Crippen molar-refractivity contribution >= 4 is 11.8 Å². The van der Waals surface area contributed by atoms with Crippen LogP contribution in [0.3, 0.4) is 0 Å². The number of benzene rings is 1. The summed E-state index contributed by atoms with van der Waals surface area (Å²) in [6.07, 6.45) is 2.74. The van der Waals surface area contributed by atoms with Gasteiger partial charge >= 0.3 is 0 Å². The molecule has 30 heavy (non-hydrogen) atoms. The molecule has 1 aromatic carbocycles. The first kappa shape index (κ1) is 20.6. The molecule has 1 aromatic rings. The summed E-state index contributed by atoms with van der Waals surface area (Å²) in [6.45, 7) is 3.02. The maximum absolute atomic E-state index is 12.6. The van der Waals surface area contributed by atoms with Crippen molar-refractivity contribution in [3.63, 3.8) is 0 Å². The monoisotopic (exact) mass is 417 g/mol. The number of amides is 2. The summed E-state index contributed by atoms with van der Waals surface area (Å²) in [5, 5.41) is 12.6. The second kappa shape index (κ2) is 9.03. The summed E-state index contributed by atoms with van der Waals surface area (Å²) in [4.78, 5) is 29.2. The molecule has 2 amide bonds. The van der Waals surface area contributed by atoms with Crippen LogP contribution in [-0.4, -0.2) is 91.6 Å². The van der Waals surface area contributed by atoms with Gasteiger partial charge in [0.1, 0.15) is 6.10 Å². The molecule has 0 spiro atoms. The Kier molecular flexibility index (Phi) is 6.21. The lowest BCUT2D eigenvalue weighted by Crippen LogP contribution is -2.50. The Balaban J connectivity index is 1.34. The molecule has 0 bridgehead atoms. The Hall–Kier alpha value is -2.62. The van der Waals surface area contributed by atoms with Gasteiger partial charge in [-0.25, -0.2) is 0 Å². The van der Waals surface area contributed by atoms with E-state index in [4.69, 9.17) is 14.2 Å². The first-order valence-corrected chi connectivity index (χ1v) is 10.1. The highest BCUT2D eigenvalue weighted by atomic mass is 16.7. The van der Waals surface area contributed by atoms with E-state index >= 15 is 0 Å². The SMILES string of the molecule is CN1CCN(C(=O)C[C@H]2C=C[C@H](NC(=O)c3ccc4c(c3)OCO4)[C@@H](CO)O2)CC1. The van der Waals surface area contributed by atoms with Gasteiger partial charge in [0.25, 0.3) is 5.91 Å².